The smallest absolute Gasteiger partial charge is 0.160 e. The molecule has 5 heteroatoms. The molecule has 0 aromatic carbocycles. The molecular formula is C17H20N4S. The summed E-state index contributed by atoms with van der Waals surface area (Å²) in [6, 6.07) is 11.3. The zero-order valence-electron chi connectivity index (χ0n) is 12.9. The van der Waals surface area contributed by atoms with Crippen LogP contribution >= 0.6 is 11.8 Å². The third kappa shape index (κ3) is 2.15. The van der Waals surface area contributed by atoms with Crippen molar-refractivity contribution < 1.29 is 0 Å². The summed E-state index contributed by atoms with van der Waals surface area (Å²) in [6.07, 6.45) is 3.01. The quantitative estimate of drug-likeness (QED) is 0.940. The topological polar surface area (TPSA) is 44.3 Å². The number of aliphatic imine (C=N–C) groups is 1. The van der Waals surface area contributed by atoms with Crippen LogP contribution in [0.1, 0.15) is 42.5 Å². The first kappa shape index (κ1) is 13.9. The molecule has 1 N–H and O–H groups in total. The first-order valence-electron chi connectivity index (χ1n) is 7.83. The van der Waals surface area contributed by atoms with Crippen molar-refractivity contribution in [1.29, 1.82) is 0 Å². The highest BCUT2D eigenvalue weighted by Gasteiger charge is 2.45. The third-order valence-electron chi connectivity index (χ3n) is 4.50. The SMILES string of the molecule is CC[C@@H]1CSC2=N[C@H](c3ccccn3)[C@@H](c3ccc(C)[nH]3)N21. The molecule has 4 rings (SSSR count). The number of thioether (sulfide) groups is 1. The number of nitrogens with zero attached hydrogens (tertiary/aromatic N) is 3. The molecule has 0 unspecified atom stereocenters. The molecule has 1 fully saturated rings. The van der Waals surface area contributed by atoms with E-state index in [0.29, 0.717) is 6.04 Å². The highest BCUT2D eigenvalue weighted by Crippen LogP contribution is 2.48. The van der Waals surface area contributed by atoms with Crippen LogP contribution in [-0.2, 0) is 0 Å². The molecule has 0 bridgehead atoms. The Morgan fingerprint density at radius 1 is 1.32 bits per heavy atom. The molecule has 2 aliphatic rings. The number of rotatable bonds is 3. The summed E-state index contributed by atoms with van der Waals surface area (Å²) in [4.78, 5) is 15.6. The van der Waals surface area contributed by atoms with Crippen molar-refractivity contribution in [2.24, 2.45) is 4.99 Å². The van der Waals surface area contributed by atoms with Gasteiger partial charge >= 0.3 is 0 Å². The van der Waals surface area contributed by atoms with Gasteiger partial charge in [-0.05, 0) is 37.6 Å². The first-order valence-corrected chi connectivity index (χ1v) is 8.82. The van der Waals surface area contributed by atoms with E-state index in [0.717, 1.165) is 17.9 Å². The molecule has 4 nitrogen and oxygen atoms in total. The number of amidine groups is 1. The Labute approximate surface area is 135 Å². The Balaban J connectivity index is 1.78. The number of aromatic nitrogens is 2. The zero-order chi connectivity index (χ0) is 15.1. The molecule has 0 spiro atoms. The molecule has 2 aliphatic heterocycles. The lowest BCUT2D eigenvalue weighted by Crippen LogP contribution is -2.35. The van der Waals surface area contributed by atoms with Gasteiger partial charge in [0, 0.05) is 29.4 Å². The van der Waals surface area contributed by atoms with Crippen LogP contribution in [0.3, 0.4) is 0 Å². The fourth-order valence-electron chi connectivity index (χ4n) is 3.39. The maximum Gasteiger partial charge on any atom is 0.160 e. The molecular weight excluding hydrogens is 292 g/mol. The van der Waals surface area contributed by atoms with Crippen molar-refractivity contribution in [1.82, 2.24) is 14.9 Å². The second-order valence-corrected chi connectivity index (χ2v) is 6.92. The van der Waals surface area contributed by atoms with E-state index in [1.807, 2.05) is 30.1 Å². The molecule has 4 heterocycles. The molecule has 114 valence electrons. The van der Waals surface area contributed by atoms with E-state index in [2.05, 4.69) is 46.9 Å². The summed E-state index contributed by atoms with van der Waals surface area (Å²) in [5, 5.41) is 1.18. The lowest BCUT2D eigenvalue weighted by molar-refractivity contribution is 0.251. The molecule has 0 aliphatic carbocycles. The molecule has 0 radical (unpaired) electrons. The number of nitrogens with one attached hydrogen (secondary N) is 1. The summed E-state index contributed by atoms with van der Waals surface area (Å²) in [5.41, 5.74) is 3.49. The van der Waals surface area contributed by atoms with E-state index in [4.69, 9.17) is 4.99 Å². The van der Waals surface area contributed by atoms with Gasteiger partial charge in [0.1, 0.15) is 6.04 Å². The normalized spacial score (nSPS) is 27.1. The van der Waals surface area contributed by atoms with Crippen molar-refractivity contribution in [2.45, 2.75) is 38.4 Å². The molecule has 2 aromatic rings. The van der Waals surface area contributed by atoms with Crippen LogP contribution in [0.25, 0.3) is 0 Å². The Kier molecular flexibility index (Phi) is 3.45. The predicted molar refractivity (Wildman–Crippen MR) is 91.1 cm³/mol. The lowest BCUT2D eigenvalue weighted by Gasteiger charge is -2.30. The summed E-state index contributed by atoms with van der Waals surface area (Å²) in [7, 11) is 0. The molecule has 1 saturated heterocycles. The average molecular weight is 312 g/mol. The Hall–Kier alpha value is -1.75. The number of hydrogen-bond acceptors (Lipinski definition) is 4. The number of H-pyrrole nitrogens is 1. The van der Waals surface area contributed by atoms with E-state index in [9.17, 15) is 0 Å². The largest absolute Gasteiger partial charge is 0.361 e. The highest BCUT2D eigenvalue weighted by atomic mass is 32.2. The number of pyridine rings is 1. The minimum Gasteiger partial charge on any atom is -0.361 e. The minimum absolute atomic E-state index is 0.0797. The van der Waals surface area contributed by atoms with Gasteiger partial charge in [0.25, 0.3) is 0 Å². The minimum atomic E-state index is 0.0797. The summed E-state index contributed by atoms with van der Waals surface area (Å²) in [6.45, 7) is 4.37. The van der Waals surface area contributed by atoms with Crippen molar-refractivity contribution in [3.8, 4) is 0 Å². The molecule has 3 atom stereocenters. The highest BCUT2D eigenvalue weighted by molar-refractivity contribution is 8.14. The second kappa shape index (κ2) is 5.47. The Morgan fingerprint density at radius 3 is 2.91 bits per heavy atom. The monoisotopic (exact) mass is 312 g/mol. The summed E-state index contributed by atoms with van der Waals surface area (Å²) >= 11 is 1.88. The average Bonchev–Trinajstić information content (AvgIpc) is 3.22. The van der Waals surface area contributed by atoms with Gasteiger partial charge < -0.3 is 9.88 Å². The zero-order valence-corrected chi connectivity index (χ0v) is 13.7. The van der Waals surface area contributed by atoms with Crippen LogP contribution in [0.2, 0.25) is 0 Å². The molecule has 0 amide bonds. The first-order chi connectivity index (χ1) is 10.8. The van der Waals surface area contributed by atoms with Crippen LogP contribution in [-0.4, -0.2) is 31.8 Å². The van der Waals surface area contributed by atoms with Gasteiger partial charge in [0.05, 0.1) is 11.7 Å². The number of fused-ring (bicyclic) bond motifs is 1. The molecule has 2 aromatic heterocycles. The Morgan fingerprint density at radius 2 is 2.23 bits per heavy atom. The fraction of sp³-hybridized carbons (Fsp3) is 0.412. The van der Waals surface area contributed by atoms with Crippen LogP contribution in [0.5, 0.6) is 0 Å². The van der Waals surface area contributed by atoms with Gasteiger partial charge in [0.2, 0.25) is 0 Å². The second-order valence-electron chi connectivity index (χ2n) is 5.93. The predicted octanol–water partition coefficient (Wildman–Crippen LogP) is 3.70. The molecule has 22 heavy (non-hydrogen) atoms. The van der Waals surface area contributed by atoms with E-state index < -0.39 is 0 Å². The summed E-state index contributed by atoms with van der Waals surface area (Å²) < 4.78 is 0. The third-order valence-corrected chi connectivity index (χ3v) is 5.63. The number of aryl methyl sites for hydroxylation is 1. The maximum absolute atomic E-state index is 5.01. The number of hydrogen-bond donors (Lipinski definition) is 1. The van der Waals surface area contributed by atoms with Gasteiger partial charge in [-0.25, -0.2) is 0 Å². The van der Waals surface area contributed by atoms with Crippen molar-refractivity contribution in [3.05, 3.63) is 53.6 Å². The Bertz CT molecular complexity index is 694. The van der Waals surface area contributed by atoms with Crippen molar-refractivity contribution in [2.75, 3.05) is 5.75 Å². The maximum atomic E-state index is 5.01. The lowest BCUT2D eigenvalue weighted by atomic mass is 10.00. The van der Waals surface area contributed by atoms with Crippen LogP contribution < -0.4 is 0 Å². The molecule has 0 saturated carbocycles. The van der Waals surface area contributed by atoms with E-state index in [-0.39, 0.29) is 12.1 Å². The van der Waals surface area contributed by atoms with E-state index in [1.165, 1.54) is 16.6 Å². The van der Waals surface area contributed by atoms with Crippen molar-refractivity contribution in [3.63, 3.8) is 0 Å². The standard InChI is InChI=1S/C17H20N4S/c1-3-12-10-22-17-20-15(13-6-4-5-9-18-13)16(21(12)17)14-8-7-11(2)19-14/h4-9,12,15-16,19H,3,10H2,1-2H3/t12-,15-,16-/m1/s1. The van der Waals surface area contributed by atoms with Crippen LogP contribution in [0, 0.1) is 6.92 Å². The van der Waals surface area contributed by atoms with Gasteiger partial charge in [-0.3, -0.25) is 9.98 Å². The van der Waals surface area contributed by atoms with E-state index >= 15 is 0 Å². The number of aromatic amines is 1. The van der Waals surface area contributed by atoms with Crippen molar-refractivity contribution >= 4 is 16.9 Å². The fourth-order valence-corrected chi connectivity index (χ4v) is 4.72. The summed E-state index contributed by atoms with van der Waals surface area (Å²) in [5.74, 6) is 1.14. The van der Waals surface area contributed by atoms with Crippen LogP contribution in [0.4, 0.5) is 0 Å². The van der Waals surface area contributed by atoms with Crippen LogP contribution in [0.15, 0.2) is 41.5 Å². The van der Waals surface area contributed by atoms with Gasteiger partial charge in [0.15, 0.2) is 5.17 Å². The van der Waals surface area contributed by atoms with Gasteiger partial charge in [-0.2, -0.15) is 0 Å². The van der Waals surface area contributed by atoms with Gasteiger partial charge in [-0.1, -0.05) is 24.8 Å². The van der Waals surface area contributed by atoms with Gasteiger partial charge in [-0.15, -0.1) is 0 Å². The van der Waals surface area contributed by atoms with E-state index in [1.54, 1.807) is 0 Å².